The number of aliphatic hydroxyl groups excluding tert-OH is 1. The lowest BCUT2D eigenvalue weighted by molar-refractivity contribution is -0.156. The number of hydrogen-bond donors (Lipinski definition) is 2. The maximum Gasteiger partial charge on any atom is 0.336 e. The molecular formula is C7H10O6. The lowest BCUT2D eigenvalue weighted by Crippen LogP contribution is -2.27. The van der Waals surface area contributed by atoms with Crippen molar-refractivity contribution in [2.24, 2.45) is 0 Å². The maximum absolute atomic E-state index is 10.6. The van der Waals surface area contributed by atoms with Crippen LogP contribution in [0, 0.1) is 0 Å². The van der Waals surface area contributed by atoms with Gasteiger partial charge in [-0.05, 0) is 6.92 Å². The topological polar surface area (TPSA) is 101 Å². The van der Waals surface area contributed by atoms with E-state index in [1.54, 1.807) is 0 Å². The third-order valence-electron chi connectivity index (χ3n) is 1.08. The molecule has 0 aliphatic rings. The zero-order valence-electron chi connectivity index (χ0n) is 7.02. The minimum atomic E-state index is -1.74. The zero-order valence-corrected chi connectivity index (χ0v) is 7.02. The molecule has 0 aromatic rings. The fourth-order valence-electron chi connectivity index (χ4n) is 0.497. The first-order valence-electron chi connectivity index (χ1n) is 3.49. The van der Waals surface area contributed by atoms with Gasteiger partial charge in [-0.15, -0.1) is 0 Å². The number of carbonyl (C=O) groups excluding carboxylic acids is 2. The fraction of sp³-hybridized carbons (Fsp3) is 0.571. The molecule has 0 heterocycles. The van der Waals surface area contributed by atoms with E-state index in [9.17, 15) is 14.4 Å². The number of ether oxygens (including phenoxy) is 1. The lowest BCUT2D eigenvalue weighted by atomic mass is 10.3. The Hall–Kier alpha value is -1.43. The van der Waals surface area contributed by atoms with Crippen molar-refractivity contribution < 1.29 is 29.3 Å². The van der Waals surface area contributed by atoms with Crippen LogP contribution in [0.1, 0.15) is 13.3 Å². The number of hydrogen-bond acceptors (Lipinski definition) is 5. The summed E-state index contributed by atoms with van der Waals surface area (Å²) in [5, 5.41) is 16.8. The van der Waals surface area contributed by atoms with Crippen molar-refractivity contribution in [1.82, 2.24) is 0 Å². The smallest absolute Gasteiger partial charge is 0.336 e. The standard InChI is InChI=1S/C7H10O6/c1-4(8)2-6(10)13-3-5(9)7(11)12/h5,9H,2-3H2,1H3,(H,11,12). The Labute approximate surface area is 74.1 Å². The van der Waals surface area contributed by atoms with E-state index < -0.39 is 31.1 Å². The first kappa shape index (κ1) is 11.6. The van der Waals surface area contributed by atoms with Crippen LogP contribution in [0.15, 0.2) is 0 Å². The predicted octanol–water partition coefficient (Wildman–Crippen LogP) is -1.05. The van der Waals surface area contributed by atoms with Crippen molar-refractivity contribution >= 4 is 17.7 Å². The molecule has 0 fully saturated rings. The molecular weight excluding hydrogens is 180 g/mol. The van der Waals surface area contributed by atoms with Gasteiger partial charge in [-0.2, -0.15) is 0 Å². The van der Waals surface area contributed by atoms with E-state index in [2.05, 4.69) is 4.74 Å². The van der Waals surface area contributed by atoms with Gasteiger partial charge >= 0.3 is 11.9 Å². The molecule has 0 aromatic carbocycles. The highest BCUT2D eigenvalue weighted by atomic mass is 16.5. The van der Waals surface area contributed by atoms with Crippen LogP contribution < -0.4 is 0 Å². The minimum absolute atomic E-state index is 0.380. The van der Waals surface area contributed by atoms with Crippen LogP contribution in [-0.4, -0.2) is 40.6 Å². The third kappa shape index (κ3) is 5.80. The van der Waals surface area contributed by atoms with Crippen molar-refractivity contribution in [2.45, 2.75) is 19.4 Å². The Balaban J connectivity index is 3.70. The molecule has 0 radical (unpaired) electrons. The van der Waals surface area contributed by atoms with Crippen molar-refractivity contribution in [1.29, 1.82) is 0 Å². The average molecular weight is 190 g/mol. The van der Waals surface area contributed by atoms with E-state index in [1.165, 1.54) is 6.92 Å². The molecule has 0 aromatic heterocycles. The molecule has 74 valence electrons. The fourth-order valence-corrected chi connectivity index (χ4v) is 0.497. The van der Waals surface area contributed by atoms with Crippen molar-refractivity contribution in [3.05, 3.63) is 0 Å². The number of carboxylic acids is 1. The van der Waals surface area contributed by atoms with Crippen LogP contribution in [0.2, 0.25) is 0 Å². The number of aliphatic hydroxyl groups is 1. The zero-order chi connectivity index (χ0) is 10.4. The van der Waals surface area contributed by atoms with Crippen LogP contribution in [0.25, 0.3) is 0 Å². The average Bonchev–Trinajstić information content (AvgIpc) is 1.98. The summed E-state index contributed by atoms with van der Waals surface area (Å²) in [5.41, 5.74) is 0. The Bertz CT molecular complexity index is 221. The van der Waals surface area contributed by atoms with Gasteiger partial charge in [0.15, 0.2) is 6.10 Å². The van der Waals surface area contributed by atoms with Crippen LogP contribution >= 0.6 is 0 Å². The highest BCUT2D eigenvalue weighted by Crippen LogP contribution is 1.91. The summed E-state index contributed by atoms with van der Waals surface area (Å²) >= 11 is 0. The summed E-state index contributed by atoms with van der Waals surface area (Å²) < 4.78 is 4.29. The number of carboxylic acid groups (broad SMARTS) is 1. The molecule has 0 amide bonds. The second-order valence-corrected chi connectivity index (χ2v) is 2.42. The number of esters is 1. The Morgan fingerprint density at radius 2 is 1.92 bits per heavy atom. The SMILES string of the molecule is CC(=O)CC(=O)OCC(O)C(=O)O. The van der Waals surface area contributed by atoms with Crippen molar-refractivity contribution in [3.63, 3.8) is 0 Å². The van der Waals surface area contributed by atoms with Gasteiger partial charge in [0.25, 0.3) is 0 Å². The molecule has 0 spiro atoms. The first-order chi connectivity index (χ1) is 5.93. The van der Waals surface area contributed by atoms with Gasteiger partial charge in [-0.25, -0.2) is 4.79 Å². The molecule has 1 unspecified atom stereocenters. The van der Waals surface area contributed by atoms with Crippen LogP contribution in [0.5, 0.6) is 0 Å². The molecule has 1 atom stereocenters. The summed E-state index contributed by atoms with van der Waals surface area (Å²) in [7, 11) is 0. The first-order valence-corrected chi connectivity index (χ1v) is 3.49. The second-order valence-electron chi connectivity index (χ2n) is 2.42. The summed E-state index contributed by atoms with van der Waals surface area (Å²) in [6.45, 7) is 0.566. The van der Waals surface area contributed by atoms with Gasteiger partial charge in [-0.3, -0.25) is 9.59 Å². The summed E-state index contributed by atoms with van der Waals surface area (Å²) in [5.74, 6) is -2.70. The van der Waals surface area contributed by atoms with Crippen LogP contribution in [0.4, 0.5) is 0 Å². The number of Topliss-reactive ketones (excluding diaryl/α,β-unsaturated/α-hetero) is 1. The van der Waals surface area contributed by atoms with Gasteiger partial charge in [0, 0.05) is 0 Å². The quantitative estimate of drug-likeness (QED) is 0.424. The van der Waals surface area contributed by atoms with E-state index in [1.807, 2.05) is 0 Å². The molecule has 0 rings (SSSR count). The molecule has 2 N–H and O–H groups in total. The summed E-state index contributed by atoms with van der Waals surface area (Å²) in [6, 6.07) is 0. The second kappa shape index (κ2) is 5.26. The van der Waals surface area contributed by atoms with E-state index in [4.69, 9.17) is 10.2 Å². The van der Waals surface area contributed by atoms with Gasteiger partial charge in [0.1, 0.15) is 18.8 Å². The Morgan fingerprint density at radius 3 is 2.31 bits per heavy atom. The largest absolute Gasteiger partial charge is 0.479 e. The molecule has 0 saturated carbocycles. The monoisotopic (exact) mass is 190 g/mol. The molecule has 0 saturated heterocycles. The van der Waals surface area contributed by atoms with Gasteiger partial charge in [0.2, 0.25) is 0 Å². The Morgan fingerprint density at radius 1 is 1.38 bits per heavy atom. The van der Waals surface area contributed by atoms with Gasteiger partial charge in [0.05, 0.1) is 0 Å². The molecule has 0 aliphatic heterocycles. The number of rotatable bonds is 5. The number of ketones is 1. The summed E-state index contributed by atoms with van der Waals surface area (Å²) in [4.78, 5) is 31.0. The molecule has 13 heavy (non-hydrogen) atoms. The molecule has 6 nitrogen and oxygen atoms in total. The van der Waals surface area contributed by atoms with E-state index >= 15 is 0 Å². The molecule has 0 bridgehead atoms. The van der Waals surface area contributed by atoms with E-state index in [-0.39, 0.29) is 5.78 Å². The van der Waals surface area contributed by atoms with Gasteiger partial charge in [-0.1, -0.05) is 0 Å². The highest BCUT2D eigenvalue weighted by molar-refractivity contribution is 5.94. The molecule has 0 aliphatic carbocycles. The van der Waals surface area contributed by atoms with Crippen LogP contribution in [-0.2, 0) is 19.1 Å². The predicted molar refractivity (Wildman–Crippen MR) is 39.9 cm³/mol. The van der Waals surface area contributed by atoms with E-state index in [0.717, 1.165) is 0 Å². The van der Waals surface area contributed by atoms with Crippen LogP contribution in [0.3, 0.4) is 0 Å². The van der Waals surface area contributed by atoms with Gasteiger partial charge < -0.3 is 14.9 Å². The third-order valence-corrected chi connectivity index (χ3v) is 1.08. The van der Waals surface area contributed by atoms with E-state index in [0.29, 0.717) is 0 Å². The number of aliphatic carboxylic acids is 1. The highest BCUT2D eigenvalue weighted by Gasteiger charge is 2.16. The minimum Gasteiger partial charge on any atom is -0.479 e. The van der Waals surface area contributed by atoms with Crippen molar-refractivity contribution in [2.75, 3.05) is 6.61 Å². The van der Waals surface area contributed by atoms with Crippen molar-refractivity contribution in [3.8, 4) is 0 Å². The number of carbonyl (C=O) groups is 3. The Kier molecular flexibility index (Phi) is 4.68. The normalized spacial score (nSPS) is 11.8. The maximum atomic E-state index is 10.6. The summed E-state index contributed by atoms with van der Waals surface area (Å²) in [6.07, 6.45) is -2.15. The molecule has 6 heteroatoms. The lowest BCUT2D eigenvalue weighted by Gasteiger charge is -2.05.